The summed E-state index contributed by atoms with van der Waals surface area (Å²) < 4.78 is 0. The van der Waals surface area contributed by atoms with Crippen molar-refractivity contribution in [2.45, 2.75) is 65.2 Å². The third-order valence-electron chi connectivity index (χ3n) is 3.37. The van der Waals surface area contributed by atoms with Gasteiger partial charge in [-0.25, -0.2) is 0 Å². The Morgan fingerprint density at radius 2 is 1.93 bits per heavy atom. The van der Waals surface area contributed by atoms with Crippen LogP contribution in [0.25, 0.3) is 0 Å². The van der Waals surface area contributed by atoms with Crippen LogP contribution in [-0.2, 0) is 0 Å². The van der Waals surface area contributed by atoms with Gasteiger partial charge < -0.3 is 0 Å². The Balaban J connectivity index is 2.16. The summed E-state index contributed by atoms with van der Waals surface area (Å²) in [7, 11) is 0. The molecule has 0 saturated heterocycles. The average molecular weight is 194 g/mol. The minimum atomic E-state index is 0.803. The van der Waals surface area contributed by atoms with Gasteiger partial charge in [0.15, 0.2) is 0 Å². The van der Waals surface area contributed by atoms with E-state index in [1.165, 1.54) is 51.4 Å². The maximum absolute atomic E-state index is 2.50. The Hall–Kier alpha value is -0.260. The molecule has 0 radical (unpaired) electrons. The van der Waals surface area contributed by atoms with Crippen LogP contribution in [0.2, 0.25) is 0 Å². The van der Waals surface area contributed by atoms with Crippen molar-refractivity contribution in [3.63, 3.8) is 0 Å². The van der Waals surface area contributed by atoms with E-state index in [2.05, 4.69) is 26.0 Å². The molecule has 0 aromatic carbocycles. The molecule has 0 nitrogen and oxygen atoms in total. The fraction of sp³-hybridized carbons (Fsp3) is 0.857. The summed E-state index contributed by atoms with van der Waals surface area (Å²) in [5.41, 5.74) is 0. The van der Waals surface area contributed by atoms with Gasteiger partial charge in [-0.15, -0.1) is 0 Å². The molecule has 0 heteroatoms. The molecule has 1 aliphatic carbocycles. The van der Waals surface area contributed by atoms with E-state index in [1.807, 2.05) is 0 Å². The quantitative estimate of drug-likeness (QED) is 0.543. The lowest BCUT2D eigenvalue weighted by Crippen LogP contribution is -2.03. The van der Waals surface area contributed by atoms with E-state index >= 15 is 0 Å². The Kier molecular flexibility index (Phi) is 5.98. The first-order valence-corrected chi connectivity index (χ1v) is 6.51. The van der Waals surface area contributed by atoms with E-state index < -0.39 is 0 Å². The van der Waals surface area contributed by atoms with Gasteiger partial charge in [0.1, 0.15) is 0 Å². The maximum Gasteiger partial charge on any atom is -0.0233 e. The van der Waals surface area contributed by atoms with Crippen LogP contribution >= 0.6 is 0 Å². The molecule has 82 valence electrons. The summed E-state index contributed by atoms with van der Waals surface area (Å²) in [5, 5.41) is 0. The van der Waals surface area contributed by atoms with Gasteiger partial charge in [0.2, 0.25) is 0 Å². The smallest absolute Gasteiger partial charge is 0.0233 e. The molecule has 1 atom stereocenters. The fourth-order valence-electron chi connectivity index (χ4n) is 2.30. The minimum Gasteiger partial charge on any atom is -0.0854 e. The zero-order valence-corrected chi connectivity index (χ0v) is 9.97. The third kappa shape index (κ3) is 4.83. The first-order valence-electron chi connectivity index (χ1n) is 6.51. The molecular weight excluding hydrogens is 168 g/mol. The summed E-state index contributed by atoms with van der Waals surface area (Å²) >= 11 is 0. The summed E-state index contributed by atoms with van der Waals surface area (Å²) in [5.74, 6) is 1.71. The van der Waals surface area contributed by atoms with Crippen LogP contribution in [0.3, 0.4) is 0 Å². The van der Waals surface area contributed by atoms with Gasteiger partial charge >= 0.3 is 0 Å². The molecule has 0 aromatic rings. The highest BCUT2D eigenvalue weighted by Crippen LogP contribution is 2.25. The predicted molar refractivity (Wildman–Crippen MR) is 64.4 cm³/mol. The van der Waals surface area contributed by atoms with Crippen molar-refractivity contribution < 1.29 is 0 Å². The van der Waals surface area contributed by atoms with Gasteiger partial charge in [0, 0.05) is 0 Å². The summed E-state index contributed by atoms with van der Waals surface area (Å²) in [6, 6.07) is 0. The number of hydrogen-bond acceptors (Lipinski definition) is 0. The Labute approximate surface area is 89.8 Å². The van der Waals surface area contributed by atoms with Crippen LogP contribution in [0, 0.1) is 11.8 Å². The van der Waals surface area contributed by atoms with E-state index in [-0.39, 0.29) is 0 Å². The van der Waals surface area contributed by atoms with Crippen molar-refractivity contribution >= 4 is 0 Å². The zero-order chi connectivity index (χ0) is 10.2. The van der Waals surface area contributed by atoms with Gasteiger partial charge in [0.05, 0.1) is 0 Å². The van der Waals surface area contributed by atoms with Crippen molar-refractivity contribution in [1.82, 2.24) is 0 Å². The van der Waals surface area contributed by atoms with E-state index in [4.69, 9.17) is 0 Å². The second-order valence-corrected chi connectivity index (χ2v) is 4.90. The van der Waals surface area contributed by atoms with Crippen LogP contribution in [-0.4, -0.2) is 0 Å². The summed E-state index contributed by atoms with van der Waals surface area (Å²) in [6.07, 6.45) is 16.3. The molecule has 1 saturated carbocycles. The molecule has 1 rings (SSSR count). The second kappa shape index (κ2) is 7.09. The van der Waals surface area contributed by atoms with Gasteiger partial charge in [-0.2, -0.15) is 0 Å². The van der Waals surface area contributed by atoms with Gasteiger partial charge in [-0.3, -0.25) is 0 Å². The van der Waals surface area contributed by atoms with E-state index in [0.29, 0.717) is 0 Å². The van der Waals surface area contributed by atoms with Crippen LogP contribution in [0.1, 0.15) is 65.2 Å². The van der Waals surface area contributed by atoms with Gasteiger partial charge in [-0.05, 0) is 31.1 Å². The molecule has 14 heavy (non-hydrogen) atoms. The fourth-order valence-corrected chi connectivity index (χ4v) is 2.30. The number of unbranched alkanes of at least 4 members (excludes halogenated alkanes) is 1. The molecule has 0 spiro atoms. The van der Waals surface area contributed by atoms with Crippen molar-refractivity contribution in [1.29, 1.82) is 0 Å². The van der Waals surface area contributed by atoms with Crippen LogP contribution in [0.15, 0.2) is 12.2 Å². The monoisotopic (exact) mass is 194 g/mol. The molecule has 1 fully saturated rings. The first-order chi connectivity index (χ1) is 6.83. The van der Waals surface area contributed by atoms with Crippen LogP contribution < -0.4 is 0 Å². The lowest BCUT2D eigenvalue weighted by Gasteiger charge is -2.18. The highest BCUT2D eigenvalue weighted by molar-refractivity contribution is 4.92. The molecular formula is C14H26. The van der Waals surface area contributed by atoms with Crippen LogP contribution in [0.4, 0.5) is 0 Å². The average Bonchev–Trinajstić information content (AvgIpc) is 2.25. The Morgan fingerprint density at radius 3 is 2.57 bits per heavy atom. The van der Waals surface area contributed by atoms with E-state index in [9.17, 15) is 0 Å². The minimum absolute atomic E-state index is 0.803. The summed E-state index contributed by atoms with van der Waals surface area (Å²) in [4.78, 5) is 0. The van der Waals surface area contributed by atoms with Gasteiger partial charge in [0.25, 0.3) is 0 Å². The molecule has 0 aliphatic heterocycles. The molecule has 0 heterocycles. The predicted octanol–water partition coefficient (Wildman–Crippen LogP) is 4.95. The second-order valence-electron chi connectivity index (χ2n) is 4.90. The van der Waals surface area contributed by atoms with Gasteiger partial charge in [-0.1, -0.05) is 58.1 Å². The van der Waals surface area contributed by atoms with Crippen molar-refractivity contribution in [2.75, 3.05) is 0 Å². The molecule has 0 aromatic heterocycles. The lowest BCUT2D eigenvalue weighted by molar-refractivity contribution is 0.417. The normalized spacial score (nSPS) is 21.6. The SMILES string of the molecule is CCCC[C@H](C)/C=C/C1CCCCC1. The maximum atomic E-state index is 2.50. The van der Waals surface area contributed by atoms with E-state index in [0.717, 1.165) is 11.8 Å². The molecule has 0 N–H and O–H groups in total. The summed E-state index contributed by atoms with van der Waals surface area (Å²) in [6.45, 7) is 4.63. The van der Waals surface area contributed by atoms with Crippen LogP contribution in [0.5, 0.6) is 0 Å². The number of rotatable bonds is 5. The Morgan fingerprint density at radius 1 is 1.21 bits per heavy atom. The van der Waals surface area contributed by atoms with Crippen molar-refractivity contribution in [3.8, 4) is 0 Å². The first kappa shape index (κ1) is 11.8. The third-order valence-corrected chi connectivity index (χ3v) is 3.37. The largest absolute Gasteiger partial charge is 0.0854 e. The van der Waals surface area contributed by atoms with Crippen molar-refractivity contribution in [2.24, 2.45) is 11.8 Å². The lowest BCUT2D eigenvalue weighted by atomic mass is 9.88. The molecule has 0 bridgehead atoms. The van der Waals surface area contributed by atoms with E-state index in [1.54, 1.807) is 0 Å². The highest BCUT2D eigenvalue weighted by Gasteiger charge is 2.09. The number of hydrogen-bond donors (Lipinski definition) is 0. The zero-order valence-electron chi connectivity index (χ0n) is 9.97. The highest BCUT2D eigenvalue weighted by atomic mass is 14.2. The van der Waals surface area contributed by atoms with Crippen molar-refractivity contribution in [3.05, 3.63) is 12.2 Å². The number of allylic oxidation sites excluding steroid dienone is 2. The standard InChI is InChI=1S/C14H26/c1-3-4-8-13(2)11-12-14-9-6-5-7-10-14/h11-14H,3-10H2,1-2H3/b12-11+/t13-/m0/s1. The molecule has 1 aliphatic rings. The topological polar surface area (TPSA) is 0 Å². The molecule has 0 unspecified atom stereocenters. The Bertz CT molecular complexity index is 151. The molecule has 0 amide bonds.